The van der Waals surface area contributed by atoms with Gasteiger partial charge in [0.2, 0.25) is 0 Å². The third kappa shape index (κ3) is 2.38. The molecule has 3 unspecified atom stereocenters. The molecule has 3 atom stereocenters. The van der Waals surface area contributed by atoms with Gasteiger partial charge in [0.1, 0.15) is 6.04 Å². The largest absolute Gasteiger partial charge is 0.480 e. The summed E-state index contributed by atoms with van der Waals surface area (Å²) in [5, 5.41) is 19.2. The van der Waals surface area contributed by atoms with E-state index in [2.05, 4.69) is 0 Å². The number of carboxylic acids is 1. The Morgan fingerprint density at radius 2 is 1.88 bits per heavy atom. The zero-order valence-corrected chi connectivity index (χ0v) is 9.80. The molecule has 0 aromatic heterocycles. The third-order valence-corrected chi connectivity index (χ3v) is 3.98. The summed E-state index contributed by atoms with van der Waals surface area (Å²) in [6.07, 6.45) is 5.59. The molecule has 0 amide bonds. The van der Waals surface area contributed by atoms with Crippen LogP contribution >= 0.6 is 0 Å². The first-order valence-electron chi connectivity index (χ1n) is 6.24. The van der Waals surface area contributed by atoms with Gasteiger partial charge in [0.15, 0.2) is 0 Å². The summed E-state index contributed by atoms with van der Waals surface area (Å²) in [7, 11) is 1.86. The molecule has 4 heteroatoms. The molecule has 4 nitrogen and oxygen atoms in total. The maximum atomic E-state index is 11.2. The maximum Gasteiger partial charge on any atom is 0.321 e. The monoisotopic (exact) mass is 227 g/mol. The van der Waals surface area contributed by atoms with E-state index in [1.807, 2.05) is 11.9 Å². The van der Waals surface area contributed by atoms with Gasteiger partial charge in [-0.25, -0.2) is 0 Å². The van der Waals surface area contributed by atoms with E-state index in [0.717, 1.165) is 38.5 Å². The zero-order valence-electron chi connectivity index (χ0n) is 9.80. The predicted molar refractivity (Wildman–Crippen MR) is 60.2 cm³/mol. The lowest BCUT2D eigenvalue weighted by atomic mass is 9.90. The minimum atomic E-state index is -0.734. The molecule has 2 rings (SSSR count). The van der Waals surface area contributed by atoms with Crippen LogP contribution in [0.3, 0.4) is 0 Å². The molecule has 0 heterocycles. The lowest BCUT2D eigenvalue weighted by Crippen LogP contribution is -2.51. The van der Waals surface area contributed by atoms with Crippen LogP contribution in [0.15, 0.2) is 0 Å². The number of rotatable bonds is 4. The molecule has 2 saturated carbocycles. The summed E-state index contributed by atoms with van der Waals surface area (Å²) in [4.78, 5) is 13.2. The Morgan fingerprint density at radius 3 is 2.38 bits per heavy atom. The first kappa shape index (κ1) is 11.9. The van der Waals surface area contributed by atoms with Crippen LogP contribution in [-0.4, -0.2) is 46.3 Å². The van der Waals surface area contributed by atoms with E-state index in [1.54, 1.807) is 0 Å². The van der Waals surface area contributed by atoms with Crippen molar-refractivity contribution < 1.29 is 15.0 Å². The molecule has 0 aromatic rings. The second-order valence-electron chi connectivity index (χ2n) is 5.21. The van der Waals surface area contributed by atoms with Crippen molar-refractivity contribution in [2.75, 3.05) is 7.05 Å². The first-order chi connectivity index (χ1) is 7.61. The Labute approximate surface area is 96.3 Å². The summed E-state index contributed by atoms with van der Waals surface area (Å²) in [6.45, 7) is 0. The van der Waals surface area contributed by atoms with Crippen LogP contribution in [0, 0.1) is 5.92 Å². The number of carbonyl (C=O) groups is 1. The quantitative estimate of drug-likeness (QED) is 0.754. The number of carboxylic acid groups (broad SMARTS) is 1. The molecule has 0 saturated heterocycles. The molecule has 0 aliphatic heterocycles. The standard InChI is InChI=1S/C12H21NO3/c1-13(9-4-2-3-5-10(9)14)11(12(15)16)8-6-7-8/h8-11,14H,2-7H2,1H3,(H,15,16). The van der Waals surface area contributed by atoms with Crippen molar-refractivity contribution >= 4 is 5.97 Å². The Balaban J connectivity index is 2.02. The van der Waals surface area contributed by atoms with Crippen LogP contribution in [0.2, 0.25) is 0 Å². The van der Waals surface area contributed by atoms with Gasteiger partial charge < -0.3 is 10.2 Å². The molecular formula is C12H21NO3. The van der Waals surface area contributed by atoms with Gasteiger partial charge in [0, 0.05) is 6.04 Å². The highest BCUT2D eigenvalue weighted by atomic mass is 16.4. The molecule has 16 heavy (non-hydrogen) atoms. The number of aliphatic hydroxyl groups is 1. The molecule has 2 N–H and O–H groups in total. The Kier molecular flexibility index (Phi) is 3.50. The topological polar surface area (TPSA) is 60.8 Å². The van der Waals surface area contributed by atoms with E-state index < -0.39 is 12.0 Å². The second-order valence-corrected chi connectivity index (χ2v) is 5.21. The van der Waals surface area contributed by atoms with Gasteiger partial charge >= 0.3 is 5.97 Å². The van der Waals surface area contributed by atoms with Crippen molar-refractivity contribution in [3.05, 3.63) is 0 Å². The number of nitrogens with zero attached hydrogens (tertiary/aromatic N) is 1. The lowest BCUT2D eigenvalue weighted by molar-refractivity contribution is -0.146. The summed E-state index contributed by atoms with van der Waals surface area (Å²) in [5.74, 6) is -0.431. The van der Waals surface area contributed by atoms with E-state index in [1.165, 1.54) is 0 Å². The molecule has 0 radical (unpaired) electrons. The summed E-state index contributed by atoms with van der Waals surface area (Å²) in [6, 6.07) is -0.354. The van der Waals surface area contributed by atoms with Gasteiger partial charge in [0.25, 0.3) is 0 Å². The van der Waals surface area contributed by atoms with Crippen molar-refractivity contribution in [3.63, 3.8) is 0 Å². The highest BCUT2D eigenvalue weighted by molar-refractivity contribution is 5.74. The molecule has 0 spiro atoms. The van der Waals surface area contributed by atoms with E-state index >= 15 is 0 Å². The minimum Gasteiger partial charge on any atom is -0.480 e. The van der Waals surface area contributed by atoms with E-state index in [4.69, 9.17) is 0 Å². The van der Waals surface area contributed by atoms with Crippen LogP contribution < -0.4 is 0 Å². The van der Waals surface area contributed by atoms with Crippen LogP contribution in [0.5, 0.6) is 0 Å². The van der Waals surface area contributed by atoms with E-state index in [-0.39, 0.29) is 12.1 Å². The van der Waals surface area contributed by atoms with Crippen molar-refractivity contribution in [3.8, 4) is 0 Å². The van der Waals surface area contributed by atoms with Gasteiger partial charge in [-0.3, -0.25) is 9.69 Å². The van der Waals surface area contributed by atoms with Crippen LogP contribution in [-0.2, 0) is 4.79 Å². The number of aliphatic carboxylic acids is 1. The number of hydrogen-bond acceptors (Lipinski definition) is 3. The van der Waals surface area contributed by atoms with Crippen molar-refractivity contribution in [2.45, 2.75) is 56.7 Å². The van der Waals surface area contributed by atoms with Gasteiger partial charge in [0.05, 0.1) is 6.10 Å². The van der Waals surface area contributed by atoms with Crippen LogP contribution in [0.4, 0.5) is 0 Å². The van der Waals surface area contributed by atoms with E-state index in [0.29, 0.717) is 5.92 Å². The highest BCUT2D eigenvalue weighted by Crippen LogP contribution is 2.37. The van der Waals surface area contributed by atoms with Gasteiger partial charge in [-0.1, -0.05) is 12.8 Å². The number of hydrogen-bond donors (Lipinski definition) is 2. The molecule has 2 fully saturated rings. The van der Waals surface area contributed by atoms with Crippen LogP contribution in [0.25, 0.3) is 0 Å². The van der Waals surface area contributed by atoms with Crippen molar-refractivity contribution in [1.82, 2.24) is 4.90 Å². The Bertz CT molecular complexity index is 265. The fourth-order valence-corrected chi connectivity index (χ4v) is 2.89. The maximum absolute atomic E-state index is 11.2. The van der Waals surface area contributed by atoms with Gasteiger partial charge in [-0.05, 0) is 38.6 Å². The summed E-state index contributed by atoms with van der Waals surface area (Å²) < 4.78 is 0. The second kappa shape index (κ2) is 4.72. The average molecular weight is 227 g/mol. The van der Waals surface area contributed by atoms with Crippen molar-refractivity contribution in [1.29, 1.82) is 0 Å². The Hall–Kier alpha value is -0.610. The highest BCUT2D eigenvalue weighted by Gasteiger charge is 2.42. The molecule has 92 valence electrons. The van der Waals surface area contributed by atoms with Crippen LogP contribution in [0.1, 0.15) is 38.5 Å². The van der Waals surface area contributed by atoms with Crippen molar-refractivity contribution in [2.24, 2.45) is 5.92 Å². The third-order valence-electron chi connectivity index (χ3n) is 3.98. The molecule has 0 bridgehead atoms. The van der Waals surface area contributed by atoms with E-state index in [9.17, 15) is 15.0 Å². The zero-order chi connectivity index (χ0) is 11.7. The summed E-state index contributed by atoms with van der Waals surface area (Å²) in [5.41, 5.74) is 0. The molecule has 2 aliphatic carbocycles. The Morgan fingerprint density at radius 1 is 1.25 bits per heavy atom. The van der Waals surface area contributed by atoms with Gasteiger partial charge in [-0.15, -0.1) is 0 Å². The smallest absolute Gasteiger partial charge is 0.321 e. The number of likely N-dealkylation sites (N-methyl/N-ethyl adjacent to an activating group) is 1. The van der Waals surface area contributed by atoms with Gasteiger partial charge in [-0.2, -0.15) is 0 Å². The molecule has 0 aromatic carbocycles. The first-order valence-corrected chi connectivity index (χ1v) is 6.24. The predicted octanol–water partition coefficient (Wildman–Crippen LogP) is 1.08. The number of aliphatic hydroxyl groups excluding tert-OH is 1. The fourth-order valence-electron chi connectivity index (χ4n) is 2.89. The average Bonchev–Trinajstić information content (AvgIpc) is 3.02. The fraction of sp³-hybridized carbons (Fsp3) is 0.917. The molecular weight excluding hydrogens is 206 g/mol. The normalized spacial score (nSPS) is 32.7. The summed E-state index contributed by atoms with van der Waals surface area (Å²) >= 11 is 0. The SMILES string of the molecule is CN(C1CCCCC1O)C(C(=O)O)C1CC1. The molecule has 2 aliphatic rings. The lowest BCUT2D eigenvalue weighted by Gasteiger charge is -2.38. The minimum absolute atomic E-state index is 0.0375.